The Morgan fingerprint density at radius 3 is 1.94 bits per heavy atom. The van der Waals surface area contributed by atoms with E-state index < -0.39 is 12.0 Å². The molecule has 94 valence electrons. The van der Waals surface area contributed by atoms with Crippen LogP contribution >= 0.6 is 0 Å². The zero-order chi connectivity index (χ0) is 12.9. The van der Waals surface area contributed by atoms with Crippen molar-refractivity contribution in [2.45, 2.75) is 47.1 Å². The lowest BCUT2D eigenvalue weighted by atomic mass is 9.96. The van der Waals surface area contributed by atoms with Crippen molar-refractivity contribution in [1.82, 2.24) is 5.32 Å². The summed E-state index contributed by atoms with van der Waals surface area (Å²) in [7, 11) is 0. The summed E-state index contributed by atoms with van der Waals surface area (Å²) in [6.07, 6.45) is 0.464. The molecule has 0 aliphatic heterocycles. The first-order valence-electron chi connectivity index (χ1n) is 5.78. The maximum absolute atomic E-state index is 11.7. The van der Waals surface area contributed by atoms with E-state index in [9.17, 15) is 9.59 Å². The van der Waals surface area contributed by atoms with Crippen molar-refractivity contribution < 1.29 is 14.7 Å². The van der Waals surface area contributed by atoms with Crippen molar-refractivity contribution in [2.75, 3.05) is 0 Å². The molecule has 0 aliphatic rings. The van der Waals surface area contributed by atoms with Crippen molar-refractivity contribution in [3.8, 4) is 0 Å². The number of nitrogens with one attached hydrogen (secondary N) is 1. The van der Waals surface area contributed by atoms with Crippen LogP contribution in [-0.2, 0) is 9.59 Å². The molecule has 4 heteroatoms. The molecule has 0 aromatic heterocycles. The van der Waals surface area contributed by atoms with E-state index in [1.807, 2.05) is 34.6 Å². The standard InChI is InChI=1S/C12H23NO3/c1-7(2)6-10(12(15)16)13-11(14)9(5)8(3)4/h7-10H,6H2,1-5H3,(H,13,14)(H,15,16)/t9?,10-/m1/s1. The van der Waals surface area contributed by atoms with Gasteiger partial charge in [0, 0.05) is 5.92 Å². The Labute approximate surface area is 97.4 Å². The SMILES string of the molecule is CC(C)C[C@@H](NC(=O)C(C)C(C)C)C(=O)O. The van der Waals surface area contributed by atoms with Crippen LogP contribution in [0.4, 0.5) is 0 Å². The Kier molecular flexibility index (Phi) is 6.08. The van der Waals surface area contributed by atoms with Gasteiger partial charge in [0.25, 0.3) is 0 Å². The third kappa shape index (κ3) is 5.14. The van der Waals surface area contributed by atoms with Crippen molar-refractivity contribution in [3.05, 3.63) is 0 Å². The van der Waals surface area contributed by atoms with Crippen LogP contribution in [0.3, 0.4) is 0 Å². The fourth-order valence-corrected chi connectivity index (χ4v) is 1.30. The van der Waals surface area contributed by atoms with Gasteiger partial charge in [-0.05, 0) is 18.3 Å². The Hall–Kier alpha value is -1.06. The molecule has 0 rings (SSSR count). The second-order valence-corrected chi connectivity index (χ2v) is 5.06. The molecule has 0 saturated heterocycles. The minimum atomic E-state index is -0.960. The molecule has 16 heavy (non-hydrogen) atoms. The summed E-state index contributed by atoms with van der Waals surface area (Å²) in [4.78, 5) is 22.7. The van der Waals surface area contributed by atoms with Crippen molar-refractivity contribution in [1.29, 1.82) is 0 Å². The average molecular weight is 229 g/mol. The molecular weight excluding hydrogens is 206 g/mol. The highest BCUT2D eigenvalue weighted by atomic mass is 16.4. The predicted molar refractivity (Wildman–Crippen MR) is 63.0 cm³/mol. The molecule has 0 radical (unpaired) electrons. The number of hydrogen-bond acceptors (Lipinski definition) is 2. The van der Waals surface area contributed by atoms with E-state index in [4.69, 9.17) is 5.11 Å². The topological polar surface area (TPSA) is 66.4 Å². The first kappa shape index (κ1) is 14.9. The van der Waals surface area contributed by atoms with Gasteiger partial charge in [-0.15, -0.1) is 0 Å². The fourth-order valence-electron chi connectivity index (χ4n) is 1.30. The minimum absolute atomic E-state index is 0.158. The van der Waals surface area contributed by atoms with E-state index in [2.05, 4.69) is 5.32 Å². The zero-order valence-electron chi connectivity index (χ0n) is 10.8. The highest BCUT2D eigenvalue weighted by molar-refractivity contribution is 5.84. The molecule has 1 unspecified atom stereocenters. The van der Waals surface area contributed by atoms with Crippen LogP contribution in [0.25, 0.3) is 0 Å². The van der Waals surface area contributed by atoms with Gasteiger partial charge in [-0.2, -0.15) is 0 Å². The maximum atomic E-state index is 11.7. The van der Waals surface area contributed by atoms with Crippen LogP contribution in [0, 0.1) is 17.8 Å². The summed E-state index contributed by atoms with van der Waals surface area (Å²) < 4.78 is 0. The molecule has 2 N–H and O–H groups in total. The van der Waals surface area contributed by atoms with E-state index in [0.717, 1.165) is 0 Å². The molecule has 4 nitrogen and oxygen atoms in total. The lowest BCUT2D eigenvalue weighted by Gasteiger charge is -2.20. The van der Waals surface area contributed by atoms with Gasteiger partial charge in [0.15, 0.2) is 0 Å². The summed E-state index contributed by atoms with van der Waals surface area (Å²) in [6.45, 7) is 9.58. The number of carbonyl (C=O) groups excluding carboxylic acids is 1. The number of carboxylic acid groups (broad SMARTS) is 1. The Morgan fingerprint density at radius 1 is 1.12 bits per heavy atom. The summed E-state index contributed by atoms with van der Waals surface area (Å²) in [5, 5.41) is 11.6. The zero-order valence-corrected chi connectivity index (χ0v) is 10.8. The smallest absolute Gasteiger partial charge is 0.326 e. The molecule has 0 fully saturated rings. The van der Waals surface area contributed by atoms with Crippen LogP contribution in [-0.4, -0.2) is 23.0 Å². The number of rotatable bonds is 6. The van der Waals surface area contributed by atoms with E-state index >= 15 is 0 Å². The van der Waals surface area contributed by atoms with Gasteiger partial charge in [0.1, 0.15) is 6.04 Å². The van der Waals surface area contributed by atoms with Crippen LogP contribution in [0.2, 0.25) is 0 Å². The van der Waals surface area contributed by atoms with Gasteiger partial charge < -0.3 is 10.4 Å². The highest BCUT2D eigenvalue weighted by Gasteiger charge is 2.24. The summed E-state index contributed by atoms with van der Waals surface area (Å²) in [5.74, 6) is -0.834. The Bertz CT molecular complexity index is 249. The van der Waals surface area contributed by atoms with E-state index in [1.165, 1.54) is 0 Å². The third-order valence-corrected chi connectivity index (χ3v) is 2.74. The van der Waals surface area contributed by atoms with Crippen LogP contribution in [0.5, 0.6) is 0 Å². The molecular formula is C12H23NO3. The Balaban J connectivity index is 4.40. The van der Waals surface area contributed by atoms with E-state index in [-0.39, 0.29) is 23.7 Å². The first-order valence-corrected chi connectivity index (χ1v) is 5.78. The predicted octanol–water partition coefficient (Wildman–Crippen LogP) is 1.89. The van der Waals surface area contributed by atoms with Gasteiger partial charge in [0.2, 0.25) is 5.91 Å². The lowest BCUT2D eigenvalue weighted by Crippen LogP contribution is -2.44. The number of hydrogen-bond donors (Lipinski definition) is 2. The molecule has 0 spiro atoms. The number of carbonyl (C=O) groups is 2. The van der Waals surface area contributed by atoms with Crippen LogP contribution in [0.1, 0.15) is 41.0 Å². The summed E-state index contributed by atoms with van der Waals surface area (Å²) in [5.41, 5.74) is 0. The van der Waals surface area contributed by atoms with Gasteiger partial charge in [0.05, 0.1) is 0 Å². The molecule has 0 aliphatic carbocycles. The van der Waals surface area contributed by atoms with Crippen molar-refractivity contribution in [3.63, 3.8) is 0 Å². The maximum Gasteiger partial charge on any atom is 0.326 e. The average Bonchev–Trinajstić information content (AvgIpc) is 2.14. The van der Waals surface area contributed by atoms with Crippen LogP contribution < -0.4 is 5.32 Å². The summed E-state index contributed by atoms with van der Waals surface area (Å²) in [6, 6.07) is -0.770. The van der Waals surface area contributed by atoms with Crippen molar-refractivity contribution >= 4 is 11.9 Å². The first-order chi connectivity index (χ1) is 7.25. The molecule has 1 amide bonds. The van der Waals surface area contributed by atoms with Crippen molar-refractivity contribution in [2.24, 2.45) is 17.8 Å². The second kappa shape index (κ2) is 6.51. The lowest BCUT2D eigenvalue weighted by molar-refractivity contribution is -0.143. The molecule has 0 heterocycles. The molecule has 0 bridgehead atoms. The molecule has 0 aromatic rings. The molecule has 0 aromatic carbocycles. The molecule has 2 atom stereocenters. The molecule has 0 saturated carbocycles. The fraction of sp³-hybridized carbons (Fsp3) is 0.833. The highest BCUT2D eigenvalue weighted by Crippen LogP contribution is 2.11. The normalized spacial score (nSPS) is 14.9. The quantitative estimate of drug-likeness (QED) is 0.731. The number of aliphatic carboxylic acids is 1. The van der Waals surface area contributed by atoms with Gasteiger partial charge in [-0.1, -0.05) is 34.6 Å². The van der Waals surface area contributed by atoms with E-state index in [1.54, 1.807) is 0 Å². The number of carboxylic acids is 1. The van der Waals surface area contributed by atoms with Gasteiger partial charge >= 0.3 is 5.97 Å². The van der Waals surface area contributed by atoms with E-state index in [0.29, 0.717) is 6.42 Å². The summed E-state index contributed by atoms with van der Waals surface area (Å²) >= 11 is 0. The third-order valence-electron chi connectivity index (χ3n) is 2.74. The van der Waals surface area contributed by atoms with Gasteiger partial charge in [-0.3, -0.25) is 4.79 Å². The minimum Gasteiger partial charge on any atom is -0.480 e. The van der Waals surface area contributed by atoms with Gasteiger partial charge in [-0.25, -0.2) is 4.79 Å². The van der Waals surface area contributed by atoms with Crippen LogP contribution in [0.15, 0.2) is 0 Å². The number of amides is 1. The largest absolute Gasteiger partial charge is 0.480 e. The monoisotopic (exact) mass is 229 g/mol. The second-order valence-electron chi connectivity index (χ2n) is 5.06. The Morgan fingerprint density at radius 2 is 1.62 bits per heavy atom.